The summed E-state index contributed by atoms with van der Waals surface area (Å²) in [5.41, 5.74) is 17.1. The molecule has 57 heavy (non-hydrogen) atoms. The van der Waals surface area contributed by atoms with Gasteiger partial charge in [-0.1, -0.05) is 159 Å². The van der Waals surface area contributed by atoms with Crippen LogP contribution in [0.5, 0.6) is 0 Å². The molecule has 9 aromatic carbocycles. The predicted molar refractivity (Wildman–Crippen MR) is 241 cm³/mol. The molecule has 0 radical (unpaired) electrons. The van der Waals surface area contributed by atoms with Crippen LogP contribution in [0.2, 0.25) is 0 Å². The minimum Gasteiger partial charge on any atom is -0.310 e. The Morgan fingerprint density at radius 3 is 1.72 bits per heavy atom. The van der Waals surface area contributed by atoms with E-state index in [1.165, 1.54) is 82.8 Å². The van der Waals surface area contributed by atoms with Crippen molar-refractivity contribution in [3.05, 3.63) is 217 Å². The first-order chi connectivity index (χ1) is 28.0. The predicted octanol–water partition coefficient (Wildman–Crippen LogP) is 15.0. The molecule has 0 bridgehead atoms. The van der Waals surface area contributed by atoms with Crippen molar-refractivity contribution >= 4 is 49.6 Å². The normalized spacial score (nSPS) is 12.9. The highest BCUT2D eigenvalue weighted by Crippen LogP contribution is 2.51. The van der Waals surface area contributed by atoms with Crippen molar-refractivity contribution in [3.8, 4) is 39.1 Å². The van der Waals surface area contributed by atoms with Crippen molar-refractivity contribution in [1.29, 1.82) is 0 Å². The zero-order chi connectivity index (χ0) is 38.1. The Kier molecular flexibility index (Phi) is 7.55. The summed E-state index contributed by atoms with van der Waals surface area (Å²) in [6, 6.07) is 75.6. The second-order valence-electron chi connectivity index (χ2n) is 15.8. The van der Waals surface area contributed by atoms with Crippen LogP contribution in [-0.2, 0) is 5.41 Å². The molecule has 2 nitrogen and oxygen atoms in total. The number of aromatic nitrogens is 1. The van der Waals surface area contributed by atoms with Gasteiger partial charge in [-0.3, -0.25) is 0 Å². The van der Waals surface area contributed by atoms with Crippen LogP contribution in [0.1, 0.15) is 25.0 Å². The molecule has 2 heteroatoms. The lowest BCUT2D eigenvalue weighted by Crippen LogP contribution is -2.16. The Morgan fingerprint density at radius 2 is 0.947 bits per heavy atom. The van der Waals surface area contributed by atoms with Crippen LogP contribution in [-0.4, -0.2) is 4.57 Å². The van der Waals surface area contributed by atoms with E-state index in [-0.39, 0.29) is 5.41 Å². The number of hydrogen-bond donors (Lipinski definition) is 0. The topological polar surface area (TPSA) is 8.17 Å². The lowest BCUT2D eigenvalue weighted by atomic mass is 9.82. The van der Waals surface area contributed by atoms with E-state index in [1.54, 1.807) is 0 Å². The maximum absolute atomic E-state index is 2.43. The van der Waals surface area contributed by atoms with Crippen LogP contribution >= 0.6 is 0 Å². The Balaban J connectivity index is 0.981. The van der Waals surface area contributed by atoms with Gasteiger partial charge >= 0.3 is 0 Å². The van der Waals surface area contributed by atoms with E-state index in [2.05, 4.69) is 230 Å². The van der Waals surface area contributed by atoms with Crippen LogP contribution in [0.15, 0.2) is 206 Å². The Morgan fingerprint density at radius 1 is 0.386 bits per heavy atom. The molecule has 0 unspecified atom stereocenters. The van der Waals surface area contributed by atoms with Crippen molar-refractivity contribution in [2.75, 3.05) is 4.90 Å². The molecule has 0 spiro atoms. The zero-order valence-electron chi connectivity index (χ0n) is 32.0. The third-order valence-electron chi connectivity index (χ3n) is 12.2. The molecule has 11 rings (SSSR count). The molecular formula is C55H40N2. The quantitative estimate of drug-likeness (QED) is 0.165. The first-order valence-corrected chi connectivity index (χ1v) is 19.8. The van der Waals surface area contributed by atoms with Crippen LogP contribution in [0.3, 0.4) is 0 Å². The third-order valence-corrected chi connectivity index (χ3v) is 12.2. The van der Waals surface area contributed by atoms with E-state index in [0.717, 1.165) is 17.1 Å². The van der Waals surface area contributed by atoms with Gasteiger partial charge < -0.3 is 9.47 Å². The van der Waals surface area contributed by atoms with Crippen molar-refractivity contribution in [2.45, 2.75) is 19.3 Å². The highest BCUT2D eigenvalue weighted by Gasteiger charge is 2.35. The summed E-state index contributed by atoms with van der Waals surface area (Å²) in [5, 5.41) is 5.00. The summed E-state index contributed by atoms with van der Waals surface area (Å²) in [6.07, 6.45) is 0. The highest BCUT2D eigenvalue weighted by molar-refractivity contribution is 6.09. The van der Waals surface area contributed by atoms with E-state index in [4.69, 9.17) is 0 Å². The van der Waals surface area contributed by atoms with Crippen LogP contribution in [0.25, 0.3) is 71.6 Å². The summed E-state index contributed by atoms with van der Waals surface area (Å²) < 4.78 is 2.39. The monoisotopic (exact) mass is 728 g/mol. The number of hydrogen-bond acceptors (Lipinski definition) is 1. The van der Waals surface area contributed by atoms with Crippen molar-refractivity contribution in [3.63, 3.8) is 0 Å². The molecule has 1 aliphatic rings. The molecule has 0 fully saturated rings. The lowest BCUT2D eigenvalue weighted by molar-refractivity contribution is 0.660. The minimum absolute atomic E-state index is 0.0930. The standard InChI is InChI=1S/C55H40N2/c1-55(2)50-24-8-5-21-46(50)47-33-32-44(36-51(47)55)56(52-27-13-15-38-14-3-4-20-45(38)52)42-30-28-37(29-31-42)39-16-11-17-40(34-39)41-18-12-19-43(35-41)57-53-25-9-6-22-48(53)49-23-7-10-26-54(49)57/h3-36H,1-2H3. The van der Waals surface area contributed by atoms with Crippen molar-refractivity contribution in [1.82, 2.24) is 4.57 Å². The second-order valence-corrected chi connectivity index (χ2v) is 15.8. The average Bonchev–Trinajstić information content (AvgIpc) is 3.72. The van der Waals surface area contributed by atoms with Gasteiger partial charge in [-0.25, -0.2) is 0 Å². The summed E-state index contributed by atoms with van der Waals surface area (Å²) in [4.78, 5) is 2.43. The van der Waals surface area contributed by atoms with Crippen LogP contribution < -0.4 is 4.90 Å². The molecule has 0 N–H and O–H groups in total. The van der Waals surface area contributed by atoms with Gasteiger partial charge in [0.25, 0.3) is 0 Å². The number of anilines is 3. The van der Waals surface area contributed by atoms with Crippen LogP contribution in [0, 0.1) is 0 Å². The van der Waals surface area contributed by atoms with Gasteiger partial charge in [0.05, 0.1) is 16.7 Å². The number of nitrogens with zero attached hydrogens (tertiary/aromatic N) is 2. The molecule has 1 heterocycles. The first-order valence-electron chi connectivity index (χ1n) is 19.8. The fourth-order valence-electron chi connectivity index (χ4n) is 9.37. The fourth-order valence-corrected chi connectivity index (χ4v) is 9.37. The zero-order valence-corrected chi connectivity index (χ0v) is 32.0. The van der Waals surface area contributed by atoms with Crippen molar-refractivity contribution in [2.24, 2.45) is 0 Å². The van der Waals surface area contributed by atoms with Gasteiger partial charge in [0.15, 0.2) is 0 Å². The molecule has 0 atom stereocenters. The summed E-state index contributed by atoms with van der Waals surface area (Å²) in [5.74, 6) is 0. The van der Waals surface area contributed by atoms with Gasteiger partial charge in [0.2, 0.25) is 0 Å². The smallest absolute Gasteiger partial charge is 0.0541 e. The van der Waals surface area contributed by atoms with Crippen molar-refractivity contribution < 1.29 is 0 Å². The van der Waals surface area contributed by atoms with Gasteiger partial charge in [-0.15, -0.1) is 0 Å². The van der Waals surface area contributed by atoms with E-state index in [1.807, 2.05) is 0 Å². The van der Waals surface area contributed by atoms with E-state index >= 15 is 0 Å². The third kappa shape index (κ3) is 5.33. The molecular weight excluding hydrogens is 689 g/mol. The number of benzene rings is 9. The van der Waals surface area contributed by atoms with Gasteiger partial charge in [0, 0.05) is 38.6 Å². The summed E-state index contributed by atoms with van der Waals surface area (Å²) in [6.45, 7) is 4.71. The second kappa shape index (κ2) is 13.0. The van der Waals surface area contributed by atoms with E-state index < -0.39 is 0 Å². The summed E-state index contributed by atoms with van der Waals surface area (Å²) in [7, 11) is 0. The molecule has 1 aromatic heterocycles. The molecule has 0 aliphatic heterocycles. The van der Waals surface area contributed by atoms with E-state index in [9.17, 15) is 0 Å². The minimum atomic E-state index is -0.0930. The van der Waals surface area contributed by atoms with E-state index in [0.29, 0.717) is 0 Å². The van der Waals surface area contributed by atoms with Gasteiger partial charge in [-0.2, -0.15) is 0 Å². The maximum Gasteiger partial charge on any atom is 0.0541 e. The molecule has 10 aromatic rings. The highest BCUT2D eigenvalue weighted by atomic mass is 15.1. The molecule has 0 saturated heterocycles. The SMILES string of the molecule is CC1(C)c2ccccc2-c2ccc(N(c3ccc(-c4cccc(-c5cccc(-n6c7ccccc7c7ccccc76)c5)c4)cc3)c3cccc4ccccc34)cc21. The number of fused-ring (bicyclic) bond motifs is 7. The van der Waals surface area contributed by atoms with Crippen LogP contribution in [0.4, 0.5) is 17.1 Å². The molecule has 0 amide bonds. The fraction of sp³-hybridized carbons (Fsp3) is 0.0545. The average molecular weight is 729 g/mol. The Bertz CT molecular complexity index is 3100. The molecule has 270 valence electrons. The number of rotatable bonds is 6. The maximum atomic E-state index is 2.43. The Labute approximate surface area is 333 Å². The number of para-hydroxylation sites is 2. The Hall–Kier alpha value is -7.16. The molecule has 1 aliphatic carbocycles. The first kappa shape index (κ1) is 33.2. The van der Waals surface area contributed by atoms with Gasteiger partial charge in [-0.05, 0) is 111 Å². The lowest BCUT2D eigenvalue weighted by Gasteiger charge is -2.29. The molecule has 0 saturated carbocycles. The van der Waals surface area contributed by atoms with Gasteiger partial charge in [0.1, 0.15) is 0 Å². The largest absolute Gasteiger partial charge is 0.310 e. The summed E-state index contributed by atoms with van der Waals surface area (Å²) >= 11 is 0.